The lowest BCUT2D eigenvalue weighted by molar-refractivity contribution is 0.0123. The summed E-state index contributed by atoms with van der Waals surface area (Å²) in [5, 5.41) is 0. The topological polar surface area (TPSA) is 35.2 Å². The Bertz CT molecular complexity index is 233. The predicted molar refractivity (Wildman–Crippen MR) is 69.5 cm³/mol. The first-order valence-corrected chi connectivity index (χ1v) is 6.55. The van der Waals surface area contributed by atoms with E-state index in [-0.39, 0.29) is 11.6 Å². The van der Waals surface area contributed by atoms with E-state index in [1.54, 1.807) is 7.11 Å². The number of rotatable bonds is 4. The normalized spacial score (nSPS) is 20.9. The molecular formula is C14H27NO. The predicted octanol–water partition coefficient (Wildman–Crippen LogP) is 3.41. The smallest absolute Gasteiger partial charge is 0.0640 e. The van der Waals surface area contributed by atoms with Crippen LogP contribution in [0.25, 0.3) is 0 Å². The van der Waals surface area contributed by atoms with Gasteiger partial charge in [-0.1, -0.05) is 24.5 Å². The van der Waals surface area contributed by atoms with Gasteiger partial charge in [-0.25, -0.2) is 0 Å². The van der Waals surface area contributed by atoms with Crippen LogP contribution in [0.1, 0.15) is 58.8 Å². The molecule has 1 unspecified atom stereocenters. The van der Waals surface area contributed by atoms with E-state index in [0.717, 1.165) is 6.42 Å². The summed E-state index contributed by atoms with van der Waals surface area (Å²) in [5.41, 5.74) is 7.62. The molecule has 94 valence electrons. The van der Waals surface area contributed by atoms with Crippen LogP contribution in [0.2, 0.25) is 0 Å². The quantitative estimate of drug-likeness (QED) is 0.744. The maximum absolute atomic E-state index is 6.28. The third-order valence-electron chi connectivity index (χ3n) is 3.57. The lowest BCUT2D eigenvalue weighted by Crippen LogP contribution is -2.35. The van der Waals surface area contributed by atoms with Gasteiger partial charge in [0.2, 0.25) is 0 Å². The van der Waals surface area contributed by atoms with Crippen LogP contribution in [-0.2, 0) is 4.74 Å². The molecule has 0 aromatic rings. The summed E-state index contributed by atoms with van der Waals surface area (Å²) >= 11 is 0. The standard InChI is InChI=1S/C14H27NO/c1-14(2,16-3)11-13(15)12-9-7-5-4-6-8-10-12/h9,13H,4-8,10-11,15H2,1-3H3. The molecule has 0 spiro atoms. The molecule has 0 amide bonds. The van der Waals surface area contributed by atoms with Crippen molar-refractivity contribution in [3.8, 4) is 0 Å². The monoisotopic (exact) mass is 225 g/mol. The van der Waals surface area contributed by atoms with Crippen molar-refractivity contribution in [2.45, 2.75) is 70.4 Å². The van der Waals surface area contributed by atoms with E-state index in [2.05, 4.69) is 19.9 Å². The van der Waals surface area contributed by atoms with Crippen molar-refractivity contribution < 1.29 is 4.74 Å². The summed E-state index contributed by atoms with van der Waals surface area (Å²) in [7, 11) is 1.76. The Labute approximate surface area is 100 Å². The Morgan fingerprint density at radius 1 is 1.31 bits per heavy atom. The molecule has 1 aliphatic carbocycles. The van der Waals surface area contributed by atoms with Crippen molar-refractivity contribution in [3.05, 3.63) is 11.6 Å². The molecule has 0 fully saturated rings. The molecular weight excluding hydrogens is 198 g/mol. The highest BCUT2D eigenvalue weighted by atomic mass is 16.5. The van der Waals surface area contributed by atoms with Crippen LogP contribution in [0.4, 0.5) is 0 Å². The Balaban J connectivity index is 2.53. The van der Waals surface area contributed by atoms with Crippen LogP contribution in [-0.4, -0.2) is 18.8 Å². The molecule has 0 radical (unpaired) electrons. The molecule has 1 atom stereocenters. The van der Waals surface area contributed by atoms with Gasteiger partial charge in [0.15, 0.2) is 0 Å². The van der Waals surface area contributed by atoms with Crippen molar-refractivity contribution in [1.29, 1.82) is 0 Å². The Morgan fingerprint density at radius 2 is 2.00 bits per heavy atom. The fraction of sp³-hybridized carbons (Fsp3) is 0.857. The van der Waals surface area contributed by atoms with E-state index in [4.69, 9.17) is 10.5 Å². The minimum Gasteiger partial charge on any atom is -0.379 e. The van der Waals surface area contributed by atoms with Crippen LogP contribution in [0.3, 0.4) is 0 Å². The zero-order chi connectivity index (χ0) is 12.0. The van der Waals surface area contributed by atoms with Gasteiger partial charge in [0, 0.05) is 13.2 Å². The number of methoxy groups -OCH3 is 1. The summed E-state index contributed by atoms with van der Waals surface area (Å²) < 4.78 is 5.45. The molecule has 2 heteroatoms. The van der Waals surface area contributed by atoms with Crippen molar-refractivity contribution in [2.75, 3.05) is 7.11 Å². The highest BCUT2D eigenvalue weighted by molar-refractivity contribution is 5.11. The van der Waals surface area contributed by atoms with Crippen LogP contribution in [0.15, 0.2) is 11.6 Å². The summed E-state index contributed by atoms with van der Waals surface area (Å²) in [6.45, 7) is 4.21. The molecule has 0 bridgehead atoms. The fourth-order valence-corrected chi connectivity index (χ4v) is 2.30. The van der Waals surface area contributed by atoms with Gasteiger partial charge in [-0.3, -0.25) is 0 Å². The Morgan fingerprint density at radius 3 is 2.69 bits per heavy atom. The highest BCUT2D eigenvalue weighted by Gasteiger charge is 2.22. The SMILES string of the molecule is COC(C)(C)CC(N)C1=CCCCCCC1. The average molecular weight is 225 g/mol. The molecule has 0 heterocycles. The largest absolute Gasteiger partial charge is 0.379 e. The molecule has 0 aromatic carbocycles. The van der Waals surface area contributed by atoms with Gasteiger partial charge in [-0.05, 0) is 46.0 Å². The van der Waals surface area contributed by atoms with E-state index in [1.807, 2.05) is 0 Å². The lowest BCUT2D eigenvalue weighted by atomic mass is 9.89. The van der Waals surface area contributed by atoms with Crippen molar-refractivity contribution in [3.63, 3.8) is 0 Å². The lowest BCUT2D eigenvalue weighted by Gasteiger charge is -2.28. The maximum Gasteiger partial charge on any atom is 0.0640 e. The minimum absolute atomic E-state index is 0.109. The number of nitrogens with two attached hydrogens (primary N) is 1. The average Bonchev–Trinajstić information content (AvgIpc) is 2.16. The van der Waals surface area contributed by atoms with Gasteiger partial charge < -0.3 is 10.5 Å². The molecule has 2 N–H and O–H groups in total. The van der Waals surface area contributed by atoms with Gasteiger partial charge >= 0.3 is 0 Å². The number of hydrogen-bond acceptors (Lipinski definition) is 2. The highest BCUT2D eigenvalue weighted by Crippen LogP contribution is 2.24. The zero-order valence-electron chi connectivity index (χ0n) is 11.1. The van der Waals surface area contributed by atoms with Gasteiger partial charge in [-0.15, -0.1) is 0 Å². The fourth-order valence-electron chi connectivity index (χ4n) is 2.30. The summed E-state index contributed by atoms with van der Waals surface area (Å²) in [4.78, 5) is 0. The second kappa shape index (κ2) is 6.41. The van der Waals surface area contributed by atoms with Gasteiger partial charge in [0.25, 0.3) is 0 Å². The van der Waals surface area contributed by atoms with Crippen LogP contribution < -0.4 is 5.73 Å². The number of allylic oxidation sites excluding steroid dienone is 1. The number of ether oxygens (including phenoxy) is 1. The van der Waals surface area contributed by atoms with E-state index >= 15 is 0 Å². The van der Waals surface area contributed by atoms with E-state index in [1.165, 1.54) is 44.1 Å². The van der Waals surface area contributed by atoms with Crippen LogP contribution in [0, 0.1) is 0 Å². The third-order valence-corrected chi connectivity index (χ3v) is 3.57. The minimum atomic E-state index is -0.109. The molecule has 2 nitrogen and oxygen atoms in total. The first-order chi connectivity index (χ1) is 7.55. The summed E-state index contributed by atoms with van der Waals surface area (Å²) in [5.74, 6) is 0. The van der Waals surface area contributed by atoms with E-state index in [0.29, 0.717) is 0 Å². The molecule has 0 aromatic heterocycles. The Hall–Kier alpha value is -0.340. The number of hydrogen-bond donors (Lipinski definition) is 1. The van der Waals surface area contributed by atoms with E-state index < -0.39 is 0 Å². The molecule has 0 aliphatic heterocycles. The van der Waals surface area contributed by atoms with Gasteiger partial charge in [0.05, 0.1) is 5.60 Å². The Kier molecular flexibility index (Phi) is 5.50. The first-order valence-electron chi connectivity index (χ1n) is 6.55. The molecule has 16 heavy (non-hydrogen) atoms. The second-order valence-corrected chi connectivity index (χ2v) is 5.51. The third kappa shape index (κ3) is 4.67. The zero-order valence-corrected chi connectivity index (χ0v) is 11.1. The van der Waals surface area contributed by atoms with Crippen molar-refractivity contribution >= 4 is 0 Å². The van der Waals surface area contributed by atoms with Gasteiger partial charge in [0.1, 0.15) is 0 Å². The molecule has 1 aliphatic rings. The van der Waals surface area contributed by atoms with Crippen LogP contribution >= 0.6 is 0 Å². The summed E-state index contributed by atoms with van der Waals surface area (Å²) in [6, 6.07) is 0.174. The molecule has 0 saturated heterocycles. The van der Waals surface area contributed by atoms with Gasteiger partial charge in [-0.2, -0.15) is 0 Å². The van der Waals surface area contributed by atoms with Crippen molar-refractivity contribution in [1.82, 2.24) is 0 Å². The molecule has 0 saturated carbocycles. The first kappa shape index (κ1) is 13.7. The van der Waals surface area contributed by atoms with Crippen molar-refractivity contribution in [2.24, 2.45) is 5.73 Å². The maximum atomic E-state index is 6.28. The van der Waals surface area contributed by atoms with E-state index in [9.17, 15) is 0 Å². The second-order valence-electron chi connectivity index (χ2n) is 5.51. The van der Waals surface area contributed by atoms with Crippen LogP contribution in [0.5, 0.6) is 0 Å². The summed E-state index contributed by atoms with van der Waals surface area (Å²) in [6.07, 6.45) is 11.0. The molecule has 1 rings (SSSR count).